The number of hydrogen-bond acceptors (Lipinski definition) is 4. The molecule has 3 N–H and O–H groups in total. The Morgan fingerprint density at radius 2 is 2.24 bits per heavy atom. The number of aromatic hydroxyl groups is 1. The van der Waals surface area contributed by atoms with E-state index in [0.717, 1.165) is 24.1 Å². The van der Waals surface area contributed by atoms with Crippen molar-refractivity contribution >= 4 is 5.82 Å². The fourth-order valence-corrected chi connectivity index (χ4v) is 2.06. The van der Waals surface area contributed by atoms with Crippen molar-refractivity contribution in [2.45, 2.75) is 25.3 Å². The third-order valence-electron chi connectivity index (χ3n) is 3.01. The van der Waals surface area contributed by atoms with Crippen LogP contribution in [0.15, 0.2) is 24.3 Å². The number of nitrogens with zero attached hydrogens (tertiary/aromatic N) is 3. The number of benzene rings is 1. The second-order valence-corrected chi connectivity index (χ2v) is 4.46. The molecule has 3 rings (SSSR count). The van der Waals surface area contributed by atoms with Crippen LogP contribution >= 0.6 is 0 Å². The summed E-state index contributed by atoms with van der Waals surface area (Å²) in [5, 5.41) is 17.4. The lowest BCUT2D eigenvalue weighted by atomic mass is 10.2. The third kappa shape index (κ3) is 1.95. The third-order valence-corrected chi connectivity index (χ3v) is 3.01. The maximum Gasteiger partial charge on any atom is 0.169 e. The van der Waals surface area contributed by atoms with Crippen LogP contribution in [0.3, 0.4) is 0 Å². The van der Waals surface area contributed by atoms with Gasteiger partial charge in [0.25, 0.3) is 0 Å². The SMILES string of the molecule is Nc1nnn(Cc2cccc(O)c2)c1C1CC1. The van der Waals surface area contributed by atoms with E-state index in [0.29, 0.717) is 18.3 Å². The smallest absolute Gasteiger partial charge is 0.169 e. The molecule has 88 valence electrons. The van der Waals surface area contributed by atoms with Crippen LogP contribution in [0.4, 0.5) is 5.82 Å². The number of hydrogen-bond donors (Lipinski definition) is 2. The van der Waals surface area contributed by atoms with E-state index in [1.54, 1.807) is 12.1 Å². The molecule has 5 heteroatoms. The molecule has 1 heterocycles. The van der Waals surface area contributed by atoms with Gasteiger partial charge < -0.3 is 10.8 Å². The molecule has 2 aromatic rings. The lowest BCUT2D eigenvalue weighted by molar-refractivity contribution is 0.473. The molecule has 1 fully saturated rings. The molecule has 1 saturated carbocycles. The zero-order valence-corrected chi connectivity index (χ0v) is 9.37. The topological polar surface area (TPSA) is 77.0 Å². The summed E-state index contributed by atoms with van der Waals surface area (Å²) >= 11 is 0. The first-order valence-corrected chi connectivity index (χ1v) is 5.71. The second kappa shape index (κ2) is 3.76. The van der Waals surface area contributed by atoms with E-state index < -0.39 is 0 Å². The summed E-state index contributed by atoms with van der Waals surface area (Å²) in [6.45, 7) is 0.602. The van der Waals surface area contributed by atoms with Crippen molar-refractivity contribution in [3.8, 4) is 5.75 Å². The van der Waals surface area contributed by atoms with Crippen LogP contribution in [0.5, 0.6) is 5.75 Å². The second-order valence-electron chi connectivity index (χ2n) is 4.46. The first-order chi connectivity index (χ1) is 8.24. The molecule has 0 atom stereocenters. The van der Waals surface area contributed by atoms with E-state index in [1.165, 1.54) is 0 Å². The maximum absolute atomic E-state index is 9.42. The molecule has 0 saturated heterocycles. The highest BCUT2D eigenvalue weighted by atomic mass is 16.3. The van der Waals surface area contributed by atoms with Gasteiger partial charge in [0, 0.05) is 5.92 Å². The average molecular weight is 230 g/mol. The zero-order valence-electron chi connectivity index (χ0n) is 9.37. The normalized spacial score (nSPS) is 15.1. The molecule has 1 aliphatic carbocycles. The molecule has 1 aliphatic rings. The number of anilines is 1. The van der Waals surface area contributed by atoms with Crippen LogP contribution in [-0.2, 0) is 6.54 Å². The Hall–Kier alpha value is -2.04. The van der Waals surface area contributed by atoms with Gasteiger partial charge in [-0.2, -0.15) is 0 Å². The van der Waals surface area contributed by atoms with Gasteiger partial charge >= 0.3 is 0 Å². The number of rotatable bonds is 3. The molecule has 17 heavy (non-hydrogen) atoms. The van der Waals surface area contributed by atoms with E-state index in [9.17, 15) is 5.11 Å². The Kier molecular flexibility index (Phi) is 2.24. The van der Waals surface area contributed by atoms with Gasteiger partial charge in [0.1, 0.15) is 5.75 Å². The quantitative estimate of drug-likeness (QED) is 0.837. The fourth-order valence-electron chi connectivity index (χ4n) is 2.06. The van der Waals surface area contributed by atoms with E-state index in [1.807, 2.05) is 16.8 Å². The predicted octanol–water partition coefficient (Wildman–Crippen LogP) is 1.49. The summed E-state index contributed by atoms with van der Waals surface area (Å²) in [4.78, 5) is 0. The summed E-state index contributed by atoms with van der Waals surface area (Å²) in [6.07, 6.45) is 2.33. The van der Waals surface area contributed by atoms with Crippen LogP contribution in [0.25, 0.3) is 0 Å². The van der Waals surface area contributed by atoms with Gasteiger partial charge in [-0.3, -0.25) is 0 Å². The van der Waals surface area contributed by atoms with E-state index >= 15 is 0 Å². The van der Waals surface area contributed by atoms with Gasteiger partial charge in [-0.05, 0) is 30.5 Å². The molecular weight excluding hydrogens is 216 g/mol. The van der Waals surface area contributed by atoms with Crippen molar-refractivity contribution in [3.63, 3.8) is 0 Å². The van der Waals surface area contributed by atoms with Crippen LogP contribution in [0.2, 0.25) is 0 Å². The lowest BCUT2D eigenvalue weighted by Crippen LogP contribution is -2.06. The molecule has 1 aromatic carbocycles. The minimum absolute atomic E-state index is 0.267. The Balaban J connectivity index is 1.90. The van der Waals surface area contributed by atoms with Gasteiger partial charge in [-0.15, -0.1) is 5.10 Å². The minimum atomic E-state index is 0.267. The molecule has 1 aromatic heterocycles. The number of phenols is 1. The molecule has 0 radical (unpaired) electrons. The van der Waals surface area contributed by atoms with Crippen molar-refractivity contribution in [3.05, 3.63) is 35.5 Å². The zero-order chi connectivity index (χ0) is 11.8. The Bertz CT molecular complexity index is 545. The largest absolute Gasteiger partial charge is 0.508 e. The van der Waals surface area contributed by atoms with Gasteiger partial charge in [0.15, 0.2) is 5.82 Å². The molecule has 5 nitrogen and oxygen atoms in total. The highest BCUT2D eigenvalue weighted by Crippen LogP contribution is 2.42. The van der Waals surface area contributed by atoms with E-state index in [-0.39, 0.29) is 5.75 Å². The van der Waals surface area contributed by atoms with Crippen LogP contribution < -0.4 is 5.73 Å². The van der Waals surface area contributed by atoms with Crippen molar-refractivity contribution in [2.75, 3.05) is 5.73 Å². The Morgan fingerprint density at radius 3 is 2.94 bits per heavy atom. The van der Waals surface area contributed by atoms with E-state index in [4.69, 9.17) is 5.73 Å². The lowest BCUT2D eigenvalue weighted by Gasteiger charge is -2.06. The number of nitrogen functional groups attached to an aromatic ring is 1. The highest BCUT2D eigenvalue weighted by Gasteiger charge is 2.30. The van der Waals surface area contributed by atoms with Gasteiger partial charge in [0.2, 0.25) is 0 Å². The van der Waals surface area contributed by atoms with Gasteiger partial charge in [-0.1, -0.05) is 17.3 Å². The molecule has 0 spiro atoms. The minimum Gasteiger partial charge on any atom is -0.508 e. The van der Waals surface area contributed by atoms with Crippen molar-refractivity contribution in [1.29, 1.82) is 0 Å². The molecule has 0 bridgehead atoms. The van der Waals surface area contributed by atoms with E-state index in [2.05, 4.69) is 10.3 Å². The maximum atomic E-state index is 9.42. The summed E-state index contributed by atoms with van der Waals surface area (Å²) < 4.78 is 1.84. The standard InChI is InChI=1S/C12H14N4O/c13-12-11(9-4-5-9)16(15-14-12)7-8-2-1-3-10(17)6-8/h1-3,6,9,17H,4-5,7,13H2. The van der Waals surface area contributed by atoms with Crippen LogP contribution in [0, 0.1) is 0 Å². The molecular formula is C12H14N4O. The summed E-state index contributed by atoms with van der Waals surface area (Å²) in [5.41, 5.74) is 7.85. The fraction of sp³-hybridized carbons (Fsp3) is 0.333. The highest BCUT2D eigenvalue weighted by molar-refractivity contribution is 5.39. The molecule has 0 amide bonds. The average Bonchev–Trinajstić information content (AvgIpc) is 3.05. The summed E-state index contributed by atoms with van der Waals surface area (Å²) in [5.74, 6) is 1.32. The summed E-state index contributed by atoms with van der Waals surface area (Å²) in [6, 6.07) is 7.16. The van der Waals surface area contributed by atoms with Crippen molar-refractivity contribution in [2.24, 2.45) is 0 Å². The van der Waals surface area contributed by atoms with Crippen LogP contribution in [-0.4, -0.2) is 20.1 Å². The van der Waals surface area contributed by atoms with Gasteiger partial charge in [0.05, 0.1) is 12.2 Å². The van der Waals surface area contributed by atoms with Crippen molar-refractivity contribution in [1.82, 2.24) is 15.0 Å². The Morgan fingerprint density at radius 1 is 1.41 bits per heavy atom. The van der Waals surface area contributed by atoms with Gasteiger partial charge in [-0.25, -0.2) is 4.68 Å². The first-order valence-electron chi connectivity index (χ1n) is 5.71. The molecule has 0 unspecified atom stereocenters. The number of phenolic OH excluding ortho intramolecular Hbond substituents is 1. The molecule has 0 aliphatic heterocycles. The monoisotopic (exact) mass is 230 g/mol. The first kappa shape index (κ1) is 10.1. The Labute approximate surface area is 98.9 Å². The summed E-state index contributed by atoms with van der Waals surface area (Å²) in [7, 11) is 0. The number of aromatic nitrogens is 3. The number of nitrogens with two attached hydrogens (primary N) is 1. The van der Waals surface area contributed by atoms with Crippen LogP contribution in [0.1, 0.15) is 30.0 Å². The van der Waals surface area contributed by atoms with Crippen molar-refractivity contribution < 1.29 is 5.11 Å². The predicted molar refractivity (Wildman–Crippen MR) is 63.6 cm³/mol.